The molecule has 32 heavy (non-hydrogen) atoms. The molecule has 1 atom stereocenters. The average molecular weight is 457 g/mol. The van der Waals surface area contributed by atoms with Crippen molar-refractivity contribution in [1.82, 2.24) is 0 Å². The molecule has 0 bridgehead atoms. The normalized spacial score (nSPS) is 12.0. The van der Waals surface area contributed by atoms with E-state index in [1.807, 2.05) is 6.92 Å². The lowest BCUT2D eigenvalue weighted by Crippen LogP contribution is -2.15. The van der Waals surface area contributed by atoms with Crippen LogP contribution in [0, 0.1) is 5.92 Å². The molecule has 0 aliphatic heterocycles. The summed E-state index contributed by atoms with van der Waals surface area (Å²) < 4.78 is 15.4. The van der Waals surface area contributed by atoms with Gasteiger partial charge in [-0.25, -0.2) is 0 Å². The molecule has 0 N–H and O–H groups in total. The highest BCUT2D eigenvalue weighted by Crippen LogP contribution is 2.13. The lowest BCUT2D eigenvalue weighted by molar-refractivity contribution is -0.151. The van der Waals surface area contributed by atoms with Gasteiger partial charge in [-0.2, -0.15) is 0 Å². The second kappa shape index (κ2) is 24.5. The quantitative estimate of drug-likeness (QED) is 0.112. The smallest absolute Gasteiger partial charge is 0.306 e. The second-order valence-electron chi connectivity index (χ2n) is 9.24. The summed E-state index contributed by atoms with van der Waals surface area (Å²) in [5.41, 5.74) is 0. The van der Waals surface area contributed by atoms with Crippen LogP contribution in [0.3, 0.4) is 0 Å². The van der Waals surface area contributed by atoms with E-state index < -0.39 is 0 Å². The molecule has 0 heterocycles. The van der Waals surface area contributed by atoms with E-state index in [9.17, 15) is 9.59 Å². The molecule has 5 heteroatoms. The fraction of sp³-hybridized carbons (Fsp3) is 0.926. The number of esters is 2. The van der Waals surface area contributed by atoms with Crippen molar-refractivity contribution in [2.45, 2.75) is 129 Å². The molecule has 0 saturated carbocycles. The van der Waals surface area contributed by atoms with Gasteiger partial charge in [-0.3, -0.25) is 9.59 Å². The highest BCUT2D eigenvalue weighted by atomic mass is 16.5. The summed E-state index contributed by atoms with van der Waals surface area (Å²) in [6, 6.07) is 0. The lowest BCUT2D eigenvalue weighted by atomic mass is 10.0. The molecule has 0 aromatic heterocycles. The first-order valence-corrected chi connectivity index (χ1v) is 13.4. The maximum atomic E-state index is 11.7. The fourth-order valence-corrected chi connectivity index (χ4v) is 3.65. The van der Waals surface area contributed by atoms with Gasteiger partial charge in [-0.05, 0) is 18.8 Å². The summed E-state index contributed by atoms with van der Waals surface area (Å²) >= 11 is 0. The van der Waals surface area contributed by atoms with Crippen molar-refractivity contribution in [3.8, 4) is 0 Å². The number of hydrogen-bond acceptors (Lipinski definition) is 5. The summed E-state index contributed by atoms with van der Waals surface area (Å²) in [7, 11) is 1.66. The number of unbranched alkanes of at least 4 members (excludes halogenated alkanes) is 14. The number of ether oxygens (including phenoxy) is 3. The lowest BCUT2D eigenvalue weighted by Gasteiger charge is -2.11. The van der Waals surface area contributed by atoms with Crippen molar-refractivity contribution in [2.24, 2.45) is 5.92 Å². The third kappa shape index (κ3) is 23.6. The molecular formula is C27H52O5. The number of methoxy groups -OCH3 is 1. The molecule has 0 aliphatic carbocycles. The molecule has 0 amide bonds. The van der Waals surface area contributed by atoms with Crippen LogP contribution in [0.4, 0.5) is 0 Å². The highest BCUT2D eigenvalue weighted by molar-refractivity contribution is 5.77. The van der Waals surface area contributed by atoms with Gasteiger partial charge in [0.1, 0.15) is 0 Å². The van der Waals surface area contributed by atoms with Gasteiger partial charge in [0.25, 0.3) is 0 Å². The predicted molar refractivity (Wildman–Crippen MR) is 132 cm³/mol. The molecule has 5 nitrogen and oxygen atoms in total. The zero-order valence-electron chi connectivity index (χ0n) is 21.5. The van der Waals surface area contributed by atoms with E-state index in [4.69, 9.17) is 14.2 Å². The van der Waals surface area contributed by atoms with E-state index >= 15 is 0 Å². The minimum absolute atomic E-state index is 0.0920. The third-order valence-corrected chi connectivity index (χ3v) is 5.89. The van der Waals surface area contributed by atoms with E-state index in [0.29, 0.717) is 19.8 Å². The Labute approximate surface area is 198 Å². The largest absolute Gasteiger partial charge is 0.466 e. The first-order chi connectivity index (χ1) is 15.6. The zero-order chi connectivity index (χ0) is 23.7. The molecule has 1 unspecified atom stereocenters. The molecule has 0 aliphatic rings. The van der Waals surface area contributed by atoms with Crippen LogP contribution < -0.4 is 0 Å². The van der Waals surface area contributed by atoms with Crippen molar-refractivity contribution in [2.75, 3.05) is 26.9 Å². The summed E-state index contributed by atoms with van der Waals surface area (Å²) in [5.74, 6) is -0.381. The summed E-state index contributed by atoms with van der Waals surface area (Å²) in [6.45, 7) is 5.77. The summed E-state index contributed by atoms with van der Waals surface area (Å²) in [5, 5.41) is 0. The first kappa shape index (κ1) is 30.9. The fourth-order valence-electron chi connectivity index (χ4n) is 3.65. The summed E-state index contributed by atoms with van der Waals surface area (Å²) in [4.78, 5) is 23.4. The van der Waals surface area contributed by atoms with Crippen LogP contribution in [0.5, 0.6) is 0 Å². The molecule has 0 radical (unpaired) electrons. The van der Waals surface area contributed by atoms with E-state index in [-0.39, 0.29) is 30.7 Å². The van der Waals surface area contributed by atoms with Gasteiger partial charge >= 0.3 is 11.9 Å². The van der Waals surface area contributed by atoms with Gasteiger partial charge in [0.2, 0.25) is 0 Å². The molecule has 190 valence electrons. The van der Waals surface area contributed by atoms with Crippen LogP contribution >= 0.6 is 0 Å². The molecule has 0 fully saturated rings. The van der Waals surface area contributed by atoms with Crippen LogP contribution in [-0.4, -0.2) is 38.9 Å². The van der Waals surface area contributed by atoms with Gasteiger partial charge in [0.05, 0.1) is 26.1 Å². The van der Waals surface area contributed by atoms with Crippen LogP contribution in [0.1, 0.15) is 129 Å². The Morgan fingerprint density at radius 1 is 0.625 bits per heavy atom. The van der Waals surface area contributed by atoms with Crippen molar-refractivity contribution in [1.29, 1.82) is 0 Å². The zero-order valence-corrected chi connectivity index (χ0v) is 21.5. The molecule has 0 saturated heterocycles. The Bertz CT molecular complexity index is 424. The molecule has 0 rings (SSSR count). The number of carbonyl (C=O) groups excluding carboxylic acids is 2. The SMILES string of the molecule is CCCCCCCCCCCCCCCCCOC(=O)CCC(=O)OCC(C)CCOC. The van der Waals surface area contributed by atoms with Crippen LogP contribution in [0.2, 0.25) is 0 Å². The minimum Gasteiger partial charge on any atom is -0.466 e. The van der Waals surface area contributed by atoms with Gasteiger partial charge in [0, 0.05) is 13.7 Å². The molecule has 0 aromatic carbocycles. The van der Waals surface area contributed by atoms with E-state index in [1.165, 1.54) is 83.5 Å². The predicted octanol–water partition coefficient (Wildman–Crippen LogP) is 7.40. The Morgan fingerprint density at radius 2 is 1.06 bits per heavy atom. The van der Waals surface area contributed by atoms with Gasteiger partial charge in [-0.1, -0.05) is 104 Å². The Morgan fingerprint density at radius 3 is 1.53 bits per heavy atom. The topological polar surface area (TPSA) is 61.8 Å². The maximum absolute atomic E-state index is 11.7. The van der Waals surface area contributed by atoms with Gasteiger partial charge < -0.3 is 14.2 Å². The third-order valence-electron chi connectivity index (χ3n) is 5.89. The number of rotatable bonds is 24. The maximum Gasteiger partial charge on any atom is 0.306 e. The van der Waals surface area contributed by atoms with Gasteiger partial charge in [0.15, 0.2) is 0 Å². The van der Waals surface area contributed by atoms with E-state index in [2.05, 4.69) is 6.92 Å². The van der Waals surface area contributed by atoms with E-state index in [1.54, 1.807) is 7.11 Å². The van der Waals surface area contributed by atoms with Crippen molar-refractivity contribution >= 4 is 11.9 Å². The van der Waals surface area contributed by atoms with Crippen LogP contribution in [0.15, 0.2) is 0 Å². The van der Waals surface area contributed by atoms with Crippen molar-refractivity contribution in [3.63, 3.8) is 0 Å². The highest BCUT2D eigenvalue weighted by Gasteiger charge is 2.11. The molecular weight excluding hydrogens is 404 g/mol. The average Bonchev–Trinajstić information content (AvgIpc) is 2.79. The van der Waals surface area contributed by atoms with Gasteiger partial charge in [-0.15, -0.1) is 0 Å². The number of hydrogen-bond donors (Lipinski definition) is 0. The monoisotopic (exact) mass is 456 g/mol. The van der Waals surface area contributed by atoms with E-state index in [0.717, 1.165) is 19.3 Å². The van der Waals surface area contributed by atoms with Crippen LogP contribution in [0.25, 0.3) is 0 Å². The molecule has 0 spiro atoms. The molecule has 0 aromatic rings. The van der Waals surface area contributed by atoms with Crippen LogP contribution in [-0.2, 0) is 23.8 Å². The van der Waals surface area contributed by atoms with Crippen molar-refractivity contribution in [3.05, 3.63) is 0 Å². The Kier molecular flexibility index (Phi) is 23.7. The summed E-state index contributed by atoms with van der Waals surface area (Å²) in [6.07, 6.45) is 20.8. The first-order valence-electron chi connectivity index (χ1n) is 13.4. The second-order valence-corrected chi connectivity index (χ2v) is 9.24. The van der Waals surface area contributed by atoms with Crippen molar-refractivity contribution < 1.29 is 23.8 Å². The minimum atomic E-state index is -0.335. The standard InChI is InChI=1S/C27H52O5/c1-4-5-6-7-8-9-10-11-12-13-14-15-16-17-18-22-31-26(28)19-20-27(29)32-24-25(2)21-23-30-3/h25H,4-24H2,1-3H3. The Hall–Kier alpha value is -1.10. The number of carbonyl (C=O) groups is 2. The Balaban J connectivity index is 3.31.